The standard InChI is InChI=1S/C27H24ClF4N3O3S2/c1-16-11-21(38-3)8-7-19(16)15-35(26-33-9-10-39-26)40(36,37)25-13-22(28)24(14-23(25)29)34-17(2)18-5-4-6-20(12-18)27(30,31)32/h4-14,17,34H,15H2,1-3H3/t17-/m0/s1. The molecule has 1 N–H and O–H groups in total. The Labute approximate surface area is 238 Å². The minimum atomic E-state index is -4.52. The van der Waals surface area contributed by atoms with E-state index in [4.69, 9.17) is 16.3 Å². The van der Waals surface area contributed by atoms with Crippen molar-refractivity contribution in [1.29, 1.82) is 0 Å². The molecule has 0 unspecified atom stereocenters. The van der Waals surface area contributed by atoms with E-state index in [9.17, 15) is 21.6 Å². The molecule has 6 nitrogen and oxygen atoms in total. The Balaban J connectivity index is 1.66. The molecule has 212 valence electrons. The van der Waals surface area contributed by atoms with Gasteiger partial charge >= 0.3 is 6.18 Å². The molecular weight excluding hydrogens is 590 g/mol. The summed E-state index contributed by atoms with van der Waals surface area (Å²) >= 11 is 7.44. The number of ether oxygens (including phenoxy) is 1. The highest BCUT2D eigenvalue weighted by atomic mass is 35.5. The summed E-state index contributed by atoms with van der Waals surface area (Å²) in [7, 11) is -2.97. The molecule has 1 heterocycles. The van der Waals surface area contributed by atoms with Crippen molar-refractivity contribution >= 4 is 43.8 Å². The first-order chi connectivity index (χ1) is 18.8. The number of nitrogens with zero attached hydrogens (tertiary/aromatic N) is 2. The number of rotatable bonds is 9. The first-order valence-electron chi connectivity index (χ1n) is 11.8. The first kappa shape index (κ1) is 29.6. The van der Waals surface area contributed by atoms with E-state index in [2.05, 4.69) is 10.3 Å². The summed E-state index contributed by atoms with van der Waals surface area (Å²) in [5.74, 6) is -0.485. The van der Waals surface area contributed by atoms with E-state index >= 15 is 4.39 Å². The molecule has 0 saturated heterocycles. The number of thiazole rings is 1. The van der Waals surface area contributed by atoms with Crippen LogP contribution in [0.2, 0.25) is 5.02 Å². The maximum absolute atomic E-state index is 15.4. The Morgan fingerprint density at radius 3 is 2.52 bits per heavy atom. The van der Waals surface area contributed by atoms with E-state index in [1.54, 1.807) is 37.4 Å². The van der Waals surface area contributed by atoms with Crippen LogP contribution >= 0.6 is 22.9 Å². The molecule has 1 atom stereocenters. The second-order valence-corrected chi connectivity index (χ2v) is 12.0. The molecule has 4 aromatic rings. The van der Waals surface area contributed by atoms with Crippen molar-refractivity contribution in [3.63, 3.8) is 0 Å². The molecule has 0 saturated carbocycles. The van der Waals surface area contributed by atoms with Crippen LogP contribution in [0.3, 0.4) is 0 Å². The summed E-state index contributed by atoms with van der Waals surface area (Å²) in [5.41, 5.74) is 0.895. The summed E-state index contributed by atoms with van der Waals surface area (Å²) in [6.07, 6.45) is -3.09. The zero-order chi connectivity index (χ0) is 29.2. The summed E-state index contributed by atoms with van der Waals surface area (Å²) in [6.45, 7) is 3.25. The fraction of sp³-hybridized carbons (Fsp3) is 0.222. The Morgan fingerprint density at radius 1 is 1.15 bits per heavy atom. The van der Waals surface area contributed by atoms with Gasteiger partial charge in [0.1, 0.15) is 16.5 Å². The van der Waals surface area contributed by atoms with Gasteiger partial charge in [0, 0.05) is 17.6 Å². The molecular formula is C27H24ClF4N3O3S2. The molecule has 0 amide bonds. The van der Waals surface area contributed by atoms with Crippen LogP contribution in [0.4, 0.5) is 28.4 Å². The van der Waals surface area contributed by atoms with E-state index in [0.29, 0.717) is 11.3 Å². The zero-order valence-electron chi connectivity index (χ0n) is 21.5. The SMILES string of the molecule is COc1ccc(CN(c2nccs2)S(=O)(=O)c2cc(Cl)c(N[C@@H](C)c3cccc(C(F)(F)F)c3)cc2F)c(C)c1. The fourth-order valence-electron chi connectivity index (χ4n) is 3.98. The highest BCUT2D eigenvalue weighted by Gasteiger charge is 2.32. The number of halogens is 5. The van der Waals surface area contributed by atoms with Crippen molar-refractivity contribution in [1.82, 2.24) is 4.98 Å². The van der Waals surface area contributed by atoms with Crippen LogP contribution in [-0.4, -0.2) is 20.5 Å². The van der Waals surface area contributed by atoms with Gasteiger partial charge in [-0.1, -0.05) is 29.8 Å². The minimum Gasteiger partial charge on any atom is -0.497 e. The van der Waals surface area contributed by atoms with E-state index in [0.717, 1.165) is 45.5 Å². The lowest BCUT2D eigenvalue weighted by Gasteiger charge is -2.24. The Kier molecular flexibility index (Phi) is 8.62. The average Bonchev–Trinajstić information content (AvgIpc) is 3.43. The van der Waals surface area contributed by atoms with E-state index in [1.807, 2.05) is 0 Å². The number of nitrogens with one attached hydrogen (secondary N) is 1. The number of hydrogen-bond donors (Lipinski definition) is 1. The van der Waals surface area contributed by atoms with E-state index in [-0.39, 0.29) is 27.9 Å². The van der Waals surface area contributed by atoms with Crippen molar-refractivity contribution < 1.29 is 30.7 Å². The lowest BCUT2D eigenvalue weighted by atomic mass is 10.0. The predicted molar refractivity (Wildman–Crippen MR) is 148 cm³/mol. The number of alkyl halides is 3. The summed E-state index contributed by atoms with van der Waals surface area (Å²) in [4.78, 5) is 3.46. The number of methoxy groups -OCH3 is 1. The number of aromatic nitrogens is 1. The molecule has 0 aliphatic rings. The number of hydrogen-bond acceptors (Lipinski definition) is 6. The van der Waals surface area contributed by atoms with Crippen molar-refractivity contribution in [2.75, 3.05) is 16.7 Å². The first-order valence-corrected chi connectivity index (χ1v) is 14.5. The number of aryl methyl sites for hydroxylation is 1. The van der Waals surface area contributed by atoms with Crippen LogP contribution in [0.5, 0.6) is 5.75 Å². The molecule has 0 radical (unpaired) electrons. The fourth-order valence-corrected chi connectivity index (χ4v) is 6.60. The van der Waals surface area contributed by atoms with Crippen molar-refractivity contribution in [2.24, 2.45) is 0 Å². The van der Waals surface area contributed by atoms with Gasteiger partial charge < -0.3 is 10.1 Å². The number of sulfonamides is 1. The third-order valence-electron chi connectivity index (χ3n) is 6.17. The molecule has 0 spiro atoms. The van der Waals surface area contributed by atoms with Gasteiger partial charge in [0.2, 0.25) is 0 Å². The molecule has 1 aromatic heterocycles. The molecule has 4 rings (SSSR count). The smallest absolute Gasteiger partial charge is 0.416 e. The molecule has 0 fully saturated rings. The molecule has 40 heavy (non-hydrogen) atoms. The molecule has 0 aliphatic carbocycles. The van der Waals surface area contributed by atoms with Crippen LogP contribution in [0.25, 0.3) is 0 Å². The quantitative estimate of drug-likeness (QED) is 0.195. The molecule has 0 bridgehead atoms. The van der Waals surface area contributed by atoms with Crippen LogP contribution in [-0.2, 0) is 22.7 Å². The van der Waals surface area contributed by atoms with Gasteiger partial charge in [-0.2, -0.15) is 13.2 Å². The largest absolute Gasteiger partial charge is 0.497 e. The molecule has 0 aliphatic heterocycles. The highest BCUT2D eigenvalue weighted by Crippen LogP contribution is 2.36. The average molecular weight is 614 g/mol. The monoisotopic (exact) mass is 613 g/mol. The van der Waals surface area contributed by atoms with Crippen LogP contribution in [0, 0.1) is 12.7 Å². The maximum atomic E-state index is 15.4. The van der Waals surface area contributed by atoms with Crippen molar-refractivity contribution in [3.05, 3.63) is 99.3 Å². The number of benzene rings is 3. The third-order valence-corrected chi connectivity index (χ3v) is 9.15. The van der Waals surface area contributed by atoms with Crippen LogP contribution < -0.4 is 14.4 Å². The van der Waals surface area contributed by atoms with Gasteiger partial charge in [0.05, 0.1) is 29.9 Å². The van der Waals surface area contributed by atoms with Gasteiger partial charge in [-0.25, -0.2) is 22.1 Å². The lowest BCUT2D eigenvalue weighted by molar-refractivity contribution is -0.137. The summed E-state index contributed by atoms with van der Waals surface area (Å²) < 4.78 is 88.6. The minimum absolute atomic E-state index is 0.0230. The molecule has 13 heteroatoms. The normalized spacial score (nSPS) is 12.7. The van der Waals surface area contributed by atoms with Crippen LogP contribution in [0.1, 0.15) is 35.2 Å². The Hall–Kier alpha value is -3.35. The van der Waals surface area contributed by atoms with Gasteiger partial charge in [-0.3, -0.25) is 0 Å². The summed E-state index contributed by atoms with van der Waals surface area (Å²) in [5, 5.41) is 4.48. The van der Waals surface area contributed by atoms with Gasteiger partial charge in [-0.15, -0.1) is 11.3 Å². The van der Waals surface area contributed by atoms with E-state index < -0.39 is 38.5 Å². The topological polar surface area (TPSA) is 71.5 Å². The Morgan fingerprint density at radius 2 is 1.90 bits per heavy atom. The maximum Gasteiger partial charge on any atom is 0.416 e. The molecule has 3 aromatic carbocycles. The van der Waals surface area contributed by atoms with Gasteiger partial charge in [0.25, 0.3) is 10.0 Å². The second-order valence-electron chi connectivity index (χ2n) is 8.87. The Bertz CT molecular complexity index is 1610. The lowest BCUT2D eigenvalue weighted by Crippen LogP contribution is -2.31. The third kappa shape index (κ3) is 6.34. The van der Waals surface area contributed by atoms with Gasteiger partial charge in [-0.05, 0) is 66.9 Å². The second kappa shape index (κ2) is 11.6. The van der Waals surface area contributed by atoms with E-state index in [1.165, 1.54) is 25.4 Å². The van der Waals surface area contributed by atoms with Crippen molar-refractivity contribution in [2.45, 2.75) is 37.5 Å². The zero-order valence-corrected chi connectivity index (χ0v) is 23.8. The van der Waals surface area contributed by atoms with Gasteiger partial charge in [0.15, 0.2) is 5.13 Å². The predicted octanol–water partition coefficient (Wildman–Crippen LogP) is 7.84. The highest BCUT2D eigenvalue weighted by molar-refractivity contribution is 7.93. The summed E-state index contributed by atoms with van der Waals surface area (Å²) in [6, 6.07) is 11.0. The van der Waals surface area contributed by atoms with Crippen LogP contribution in [0.15, 0.2) is 71.1 Å². The number of anilines is 2. The van der Waals surface area contributed by atoms with Crippen molar-refractivity contribution in [3.8, 4) is 5.75 Å².